The molecule has 0 spiro atoms. The highest BCUT2D eigenvalue weighted by Crippen LogP contribution is 2.19. The van der Waals surface area contributed by atoms with Crippen molar-refractivity contribution in [1.82, 2.24) is 4.90 Å². The summed E-state index contributed by atoms with van der Waals surface area (Å²) in [7, 11) is 1.60. The Bertz CT molecular complexity index is 686. The molecular weight excluding hydrogens is 307 g/mol. The van der Waals surface area contributed by atoms with Crippen LogP contribution in [0.1, 0.15) is 24.8 Å². The lowest BCUT2D eigenvalue weighted by atomic mass is 9.97. The molecule has 0 saturated heterocycles. The molecule has 0 fully saturated rings. The number of nitrogens with zero attached hydrogens (tertiary/aromatic N) is 1. The topological polar surface area (TPSA) is 49.4 Å². The first kappa shape index (κ1) is 17.7. The van der Waals surface area contributed by atoms with Crippen molar-refractivity contribution in [3.63, 3.8) is 0 Å². The van der Waals surface area contributed by atoms with Crippen molar-refractivity contribution in [2.75, 3.05) is 18.9 Å². The highest BCUT2D eigenvalue weighted by atomic mass is 19.1. The Morgan fingerprint density at radius 3 is 2.33 bits per heavy atom. The Morgan fingerprint density at radius 1 is 1.08 bits per heavy atom. The van der Waals surface area contributed by atoms with Crippen molar-refractivity contribution in [2.24, 2.45) is 0 Å². The summed E-state index contributed by atoms with van der Waals surface area (Å²) < 4.78 is 12.8. The summed E-state index contributed by atoms with van der Waals surface area (Å²) in [6, 6.07) is 15.3. The maximum atomic E-state index is 12.8. The van der Waals surface area contributed by atoms with Crippen LogP contribution < -0.4 is 5.32 Å². The zero-order valence-electron chi connectivity index (χ0n) is 13.8. The number of nitrogens with one attached hydrogen (secondary N) is 1. The molecule has 0 radical (unpaired) electrons. The largest absolute Gasteiger partial charge is 0.336 e. The smallest absolute Gasteiger partial charge is 0.243 e. The molecule has 2 amide bonds. The standard InChI is InChI=1S/C19H21FN2O2/c1-14(15-6-4-3-5-7-15)12-19(24)22(2)13-18(23)21-17-10-8-16(20)9-11-17/h3-11,14H,12-13H2,1-2H3,(H,21,23)/t14-/m0/s1. The Hall–Kier alpha value is -2.69. The van der Waals surface area contributed by atoms with E-state index in [0.717, 1.165) is 5.56 Å². The molecule has 5 heteroatoms. The molecule has 0 aliphatic carbocycles. The van der Waals surface area contributed by atoms with Gasteiger partial charge in [-0.2, -0.15) is 0 Å². The Morgan fingerprint density at radius 2 is 1.71 bits per heavy atom. The summed E-state index contributed by atoms with van der Waals surface area (Å²) in [5.41, 5.74) is 1.59. The van der Waals surface area contributed by atoms with E-state index in [2.05, 4.69) is 5.32 Å². The minimum atomic E-state index is -0.366. The van der Waals surface area contributed by atoms with Crippen molar-refractivity contribution in [3.05, 3.63) is 66.0 Å². The van der Waals surface area contributed by atoms with Gasteiger partial charge in [0.05, 0.1) is 6.54 Å². The summed E-state index contributed by atoms with van der Waals surface area (Å²) in [6.07, 6.45) is 0.338. The lowest BCUT2D eigenvalue weighted by Crippen LogP contribution is -2.35. The van der Waals surface area contributed by atoms with Crippen LogP contribution in [0.25, 0.3) is 0 Å². The van der Waals surface area contributed by atoms with Gasteiger partial charge in [-0.25, -0.2) is 4.39 Å². The molecule has 24 heavy (non-hydrogen) atoms. The van der Waals surface area contributed by atoms with Gasteiger partial charge in [0.1, 0.15) is 5.82 Å². The second-order valence-corrected chi connectivity index (χ2v) is 5.82. The van der Waals surface area contributed by atoms with E-state index in [1.165, 1.54) is 29.2 Å². The van der Waals surface area contributed by atoms with Gasteiger partial charge in [0.15, 0.2) is 0 Å². The van der Waals surface area contributed by atoms with Gasteiger partial charge in [0.2, 0.25) is 11.8 Å². The lowest BCUT2D eigenvalue weighted by Gasteiger charge is -2.19. The highest BCUT2D eigenvalue weighted by Gasteiger charge is 2.17. The molecule has 4 nitrogen and oxygen atoms in total. The molecule has 0 aliphatic rings. The molecule has 2 rings (SSSR count). The van der Waals surface area contributed by atoms with E-state index >= 15 is 0 Å². The van der Waals surface area contributed by atoms with Crippen molar-refractivity contribution >= 4 is 17.5 Å². The molecule has 1 atom stereocenters. The number of hydrogen-bond donors (Lipinski definition) is 1. The van der Waals surface area contributed by atoms with Crippen molar-refractivity contribution in [3.8, 4) is 0 Å². The summed E-state index contributed by atoms with van der Waals surface area (Å²) in [4.78, 5) is 25.6. The van der Waals surface area contributed by atoms with Crippen molar-refractivity contribution in [1.29, 1.82) is 0 Å². The van der Waals surface area contributed by atoms with E-state index < -0.39 is 0 Å². The summed E-state index contributed by atoms with van der Waals surface area (Å²) in [6.45, 7) is 1.94. The number of hydrogen-bond acceptors (Lipinski definition) is 2. The van der Waals surface area contributed by atoms with Crippen LogP contribution in [0.15, 0.2) is 54.6 Å². The summed E-state index contributed by atoms with van der Waals surface area (Å²) in [5.74, 6) is -0.693. The molecular formula is C19H21FN2O2. The average Bonchev–Trinajstić information content (AvgIpc) is 2.57. The van der Waals surface area contributed by atoms with Crippen LogP contribution in [0, 0.1) is 5.82 Å². The third-order valence-electron chi connectivity index (χ3n) is 3.78. The monoisotopic (exact) mass is 328 g/mol. The van der Waals surface area contributed by atoms with Crippen LogP contribution >= 0.6 is 0 Å². The van der Waals surface area contributed by atoms with Crippen LogP contribution in [-0.4, -0.2) is 30.3 Å². The number of amides is 2. The molecule has 0 heterocycles. The molecule has 0 saturated carbocycles. The molecule has 0 unspecified atom stereocenters. The van der Waals surface area contributed by atoms with E-state index in [4.69, 9.17) is 0 Å². The van der Waals surface area contributed by atoms with E-state index in [1.54, 1.807) is 7.05 Å². The molecule has 1 N–H and O–H groups in total. The number of carbonyl (C=O) groups excluding carboxylic acids is 2. The first-order chi connectivity index (χ1) is 11.5. The second kappa shape index (κ2) is 8.24. The molecule has 2 aromatic rings. The predicted molar refractivity (Wildman–Crippen MR) is 92.1 cm³/mol. The molecule has 2 aromatic carbocycles. The summed E-state index contributed by atoms with van der Waals surface area (Å²) >= 11 is 0. The number of carbonyl (C=O) groups is 2. The minimum Gasteiger partial charge on any atom is -0.336 e. The molecule has 0 bridgehead atoms. The van der Waals surface area contributed by atoms with Gasteiger partial charge < -0.3 is 10.2 Å². The zero-order valence-corrected chi connectivity index (χ0v) is 13.8. The summed E-state index contributed by atoms with van der Waals surface area (Å²) in [5, 5.41) is 2.64. The van der Waals surface area contributed by atoms with E-state index in [9.17, 15) is 14.0 Å². The van der Waals surface area contributed by atoms with E-state index in [1.807, 2.05) is 37.3 Å². The van der Waals surface area contributed by atoms with Crippen molar-refractivity contribution < 1.29 is 14.0 Å². The van der Waals surface area contributed by atoms with Gasteiger partial charge >= 0.3 is 0 Å². The SMILES string of the molecule is C[C@@H](CC(=O)N(C)CC(=O)Nc1ccc(F)cc1)c1ccccc1. The predicted octanol–water partition coefficient (Wildman–Crippen LogP) is 3.42. The molecule has 126 valence electrons. The Kier molecular flexibility index (Phi) is 6.07. The lowest BCUT2D eigenvalue weighted by molar-refractivity contribution is -0.133. The number of halogens is 1. The van der Waals surface area contributed by atoms with Crippen LogP contribution in [0.4, 0.5) is 10.1 Å². The van der Waals surface area contributed by atoms with E-state index in [-0.39, 0.29) is 30.1 Å². The van der Waals surface area contributed by atoms with Gasteiger partial charge in [0, 0.05) is 19.2 Å². The normalized spacial score (nSPS) is 11.6. The third kappa shape index (κ3) is 5.19. The second-order valence-electron chi connectivity index (χ2n) is 5.82. The molecule has 0 aromatic heterocycles. The highest BCUT2D eigenvalue weighted by molar-refractivity contribution is 5.94. The zero-order chi connectivity index (χ0) is 17.5. The fraction of sp³-hybridized carbons (Fsp3) is 0.263. The number of likely N-dealkylation sites (N-methyl/N-ethyl adjacent to an activating group) is 1. The number of benzene rings is 2. The van der Waals surface area contributed by atoms with Gasteiger partial charge in [-0.3, -0.25) is 9.59 Å². The van der Waals surface area contributed by atoms with Gasteiger partial charge in [-0.05, 0) is 35.7 Å². The van der Waals surface area contributed by atoms with Crippen LogP contribution in [0.5, 0.6) is 0 Å². The van der Waals surface area contributed by atoms with Gasteiger partial charge in [-0.15, -0.1) is 0 Å². The first-order valence-electron chi connectivity index (χ1n) is 7.80. The minimum absolute atomic E-state index is 0.0439. The average molecular weight is 328 g/mol. The third-order valence-corrected chi connectivity index (χ3v) is 3.78. The Labute approximate surface area is 141 Å². The quantitative estimate of drug-likeness (QED) is 0.883. The Balaban J connectivity index is 1.84. The van der Waals surface area contributed by atoms with Crippen LogP contribution in [0.3, 0.4) is 0 Å². The maximum Gasteiger partial charge on any atom is 0.243 e. The maximum absolute atomic E-state index is 12.8. The van der Waals surface area contributed by atoms with Gasteiger partial charge in [-0.1, -0.05) is 37.3 Å². The van der Waals surface area contributed by atoms with Crippen LogP contribution in [-0.2, 0) is 9.59 Å². The fourth-order valence-electron chi connectivity index (χ4n) is 2.35. The number of anilines is 1. The number of rotatable bonds is 6. The first-order valence-corrected chi connectivity index (χ1v) is 7.80. The van der Waals surface area contributed by atoms with Gasteiger partial charge in [0.25, 0.3) is 0 Å². The van der Waals surface area contributed by atoms with Crippen LogP contribution in [0.2, 0.25) is 0 Å². The van der Waals surface area contributed by atoms with E-state index in [0.29, 0.717) is 12.1 Å². The van der Waals surface area contributed by atoms with Crippen molar-refractivity contribution in [2.45, 2.75) is 19.3 Å². The molecule has 0 aliphatic heterocycles. The fourth-order valence-corrected chi connectivity index (χ4v) is 2.35.